The number of hydrogen-bond acceptors (Lipinski definition) is 4. The molecule has 0 aromatic rings. The molecule has 150 valence electrons. The Morgan fingerprint density at radius 2 is 1.77 bits per heavy atom. The van der Waals surface area contributed by atoms with Crippen molar-refractivity contribution in [3.8, 4) is 0 Å². The van der Waals surface area contributed by atoms with E-state index in [9.17, 15) is 14.4 Å². The molecule has 1 saturated carbocycles. The second-order valence-corrected chi connectivity index (χ2v) is 7.22. The maximum absolute atomic E-state index is 12.3. The summed E-state index contributed by atoms with van der Waals surface area (Å²) in [5, 5.41) is 5.52. The fourth-order valence-corrected chi connectivity index (χ4v) is 3.77. The molecule has 1 aliphatic heterocycles. The van der Waals surface area contributed by atoms with Crippen molar-refractivity contribution in [2.24, 2.45) is 17.6 Å². The Balaban J connectivity index is 0.00000338. The second-order valence-electron chi connectivity index (χ2n) is 7.22. The number of nitrogens with two attached hydrogens (primary N) is 1. The van der Waals surface area contributed by atoms with E-state index in [1.165, 1.54) is 25.7 Å². The monoisotopic (exact) mass is 388 g/mol. The number of nitrogens with zero attached hydrogens (tertiary/aromatic N) is 1. The Labute approximate surface area is 162 Å². The lowest BCUT2D eigenvalue weighted by molar-refractivity contribution is -0.136. The van der Waals surface area contributed by atoms with Gasteiger partial charge >= 0.3 is 0 Å². The predicted molar refractivity (Wildman–Crippen MR) is 103 cm³/mol. The van der Waals surface area contributed by atoms with E-state index < -0.39 is 0 Å². The summed E-state index contributed by atoms with van der Waals surface area (Å²) in [5.41, 5.74) is 5.39. The standard InChI is InChI=1S/C18H32N4O3.ClH/c19-9-10-20-18(25)15-6-3-11-22(13-15)17(24)12-21-16(23)8-7-14-4-1-2-5-14;/h14-15H,1-13,19H2,(H,20,25)(H,21,23);1H. The largest absolute Gasteiger partial charge is 0.355 e. The molecule has 2 fully saturated rings. The molecule has 26 heavy (non-hydrogen) atoms. The molecule has 2 rings (SSSR count). The van der Waals surface area contributed by atoms with Gasteiger partial charge in [-0.2, -0.15) is 0 Å². The molecule has 0 spiro atoms. The lowest BCUT2D eigenvalue weighted by Gasteiger charge is -2.32. The van der Waals surface area contributed by atoms with Gasteiger partial charge in [-0.25, -0.2) is 0 Å². The number of nitrogens with one attached hydrogen (secondary N) is 2. The Morgan fingerprint density at radius 1 is 1.04 bits per heavy atom. The van der Waals surface area contributed by atoms with Crippen LogP contribution in [0.3, 0.4) is 0 Å². The molecule has 1 unspecified atom stereocenters. The van der Waals surface area contributed by atoms with E-state index in [2.05, 4.69) is 10.6 Å². The summed E-state index contributed by atoms with van der Waals surface area (Å²) >= 11 is 0. The summed E-state index contributed by atoms with van der Waals surface area (Å²) in [6.07, 6.45) is 8.03. The van der Waals surface area contributed by atoms with Crippen LogP contribution >= 0.6 is 12.4 Å². The summed E-state index contributed by atoms with van der Waals surface area (Å²) in [7, 11) is 0. The normalized spacial score (nSPS) is 20.3. The molecule has 0 bridgehead atoms. The van der Waals surface area contributed by atoms with Crippen molar-refractivity contribution in [1.82, 2.24) is 15.5 Å². The molecule has 1 heterocycles. The van der Waals surface area contributed by atoms with Gasteiger partial charge in [0.05, 0.1) is 12.5 Å². The third kappa shape index (κ3) is 7.50. The van der Waals surface area contributed by atoms with Crippen molar-refractivity contribution < 1.29 is 14.4 Å². The molecule has 0 radical (unpaired) electrons. The molecule has 1 aliphatic carbocycles. The van der Waals surface area contributed by atoms with Gasteiger partial charge in [-0.05, 0) is 25.2 Å². The average Bonchev–Trinajstić information content (AvgIpc) is 3.16. The van der Waals surface area contributed by atoms with E-state index in [0.717, 1.165) is 19.3 Å². The van der Waals surface area contributed by atoms with E-state index in [0.29, 0.717) is 38.5 Å². The molecule has 7 nitrogen and oxygen atoms in total. The zero-order valence-corrected chi connectivity index (χ0v) is 16.3. The van der Waals surface area contributed by atoms with Gasteiger partial charge < -0.3 is 21.3 Å². The van der Waals surface area contributed by atoms with Crippen LogP contribution in [0.5, 0.6) is 0 Å². The Kier molecular flexibility index (Phi) is 10.6. The van der Waals surface area contributed by atoms with Crippen molar-refractivity contribution in [2.75, 3.05) is 32.7 Å². The van der Waals surface area contributed by atoms with Gasteiger partial charge in [-0.3, -0.25) is 14.4 Å². The number of hydrogen-bond donors (Lipinski definition) is 3. The molecule has 0 aromatic carbocycles. The van der Waals surface area contributed by atoms with Crippen LogP contribution in [0, 0.1) is 11.8 Å². The van der Waals surface area contributed by atoms with Crippen molar-refractivity contribution in [2.45, 2.75) is 51.4 Å². The van der Waals surface area contributed by atoms with E-state index in [1.807, 2.05) is 0 Å². The fourth-order valence-electron chi connectivity index (χ4n) is 3.77. The third-order valence-corrected chi connectivity index (χ3v) is 5.28. The summed E-state index contributed by atoms with van der Waals surface area (Å²) < 4.78 is 0. The molecular formula is C18H33ClN4O3. The summed E-state index contributed by atoms with van der Waals surface area (Å²) in [5.74, 6) is 0.308. The molecule has 2 aliphatic rings. The fraction of sp³-hybridized carbons (Fsp3) is 0.833. The molecule has 8 heteroatoms. The second kappa shape index (κ2) is 12.1. The van der Waals surface area contributed by atoms with E-state index in [4.69, 9.17) is 5.73 Å². The SMILES string of the molecule is Cl.NCCNC(=O)C1CCCN(C(=O)CNC(=O)CCC2CCCC2)C1. The number of amides is 3. The first-order valence-electron chi connectivity index (χ1n) is 9.62. The van der Waals surface area contributed by atoms with E-state index >= 15 is 0 Å². The summed E-state index contributed by atoms with van der Waals surface area (Å²) in [4.78, 5) is 37.9. The van der Waals surface area contributed by atoms with Crippen molar-refractivity contribution >= 4 is 30.1 Å². The van der Waals surface area contributed by atoms with Crippen LogP contribution in [0.25, 0.3) is 0 Å². The Morgan fingerprint density at radius 3 is 2.46 bits per heavy atom. The highest BCUT2D eigenvalue weighted by Crippen LogP contribution is 2.28. The van der Waals surface area contributed by atoms with Gasteiger partial charge in [0.2, 0.25) is 17.7 Å². The zero-order chi connectivity index (χ0) is 18.1. The van der Waals surface area contributed by atoms with Crippen LogP contribution in [-0.2, 0) is 14.4 Å². The smallest absolute Gasteiger partial charge is 0.241 e. The van der Waals surface area contributed by atoms with Crippen LogP contribution in [0.1, 0.15) is 51.4 Å². The Bertz CT molecular complexity index is 469. The maximum Gasteiger partial charge on any atom is 0.241 e. The van der Waals surface area contributed by atoms with Crippen LogP contribution in [0.15, 0.2) is 0 Å². The van der Waals surface area contributed by atoms with E-state index in [1.54, 1.807) is 4.90 Å². The zero-order valence-electron chi connectivity index (χ0n) is 15.5. The lowest BCUT2D eigenvalue weighted by Crippen LogP contribution is -2.48. The summed E-state index contributed by atoms with van der Waals surface area (Å²) in [6, 6.07) is 0. The quantitative estimate of drug-likeness (QED) is 0.572. The van der Waals surface area contributed by atoms with Gasteiger partial charge in [0.1, 0.15) is 0 Å². The lowest BCUT2D eigenvalue weighted by atomic mass is 9.97. The minimum atomic E-state index is -0.178. The van der Waals surface area contributed by atoms with Crippen LogP contribution < -0.4 is 16.4 Å². The van der Waals surface area contributed by atoms with Gasteiger partial charge in [-0.15, -0.1) is 12.4 Å². The first-order valence-corrected chi connectivity index (χ1v) is 9.62. The highest BCUT2D eigenvalue weighted by atomic mass is 35.5. The first-order chi connectivity index (χ1) is 12.1. The first kappa shape index (κ1) is 22.7. The van der Waals surface area contributed by atoms with E-state index in [-0.39, 0.29) is 42.6 Å². The maximum atomic E-state index is 12.3. The summed E-state index contributed by atoms with van der Waals surface area (Å²) in [6.45, 7) is 1.97. The molecule has 4 N–H and O–H groups in total. The van der Waals surface area contributed by atoms with Gasteiger partial charge in [0.15, 0.2) is 0 Å². The number of likely N-dealkylation sites (tertiary alicyclic amines) is 1. The van der Waals surface area contributed by atoms with Gasteiger partial charge in [-0.1, -0.05) is 25.7 Å². The molecule has 1 saturated heterocycles. The number of rotatable bonds is 8. The number of piperidine rings is 1. The Hall–Kier alpha value is -1.34. The highest BCUT2D eigenvalue weighted by Gasteiger charge is 2.28. The van der Waals surface area contributed by atoms with Gasteiger partial charge in [0.25, 0.3) is 0 Å². The number of carbonyl (C=O) groups excluding carboxylic acids is 3. The van der Waals surface area contributed by atoms with Gasteiger partial charge in [0, 0.05) is 32.6 Å². The van der Waals surface area contributed by atoms with Crippen molar-refractivity contribution in [3.63, 3.8) is 0 Å². The van der Waals surface area contributed by atoms with Crippen LogP contribution in [0.2, 0.25) is 0 Å². The predicted octanol–water partition coefficient (Wildman–Crippen LogP) is 0.808. The topological polar surface area (TPSA) is 105 Å². The minimum Gasteiger partial charge on any atom is -0.355 e. The molecule has 0 aromatic heterocycles. The molecular weight excluding hydrogens is 356 g/mol. The third-order valence-electron chi connectivity index (χ3n) is 5.28. The number of halogens is 1. The highest BCUT2D eigenvalue weighted by molar-refractivity contribution is 5.86. The number of carbonyl (C=O) groups is 3. The average molecular weight is 389 g/mol. The van der Waals surface area contributed by atoms with Crippen LogP contribution in [0.4, 0.5) is 0 Å². The minimum absolute atomic E-state index is 0. The van der Waals surface area contributed by atoms with Crippen molar-refractivity contribution in [3.05, 3.63) is 0 Å². The molecule has 3 amide bonds. The molecule has 1 atom stereocenters. The van der Waals surface area contributed by atoms with Crippen molar-refractivity contribution in [1.29, 1.82) is 0 Å². The van der Waals surface area contributed by atoms with Crippen LogP contribution in [-0.4, -0.2) is 55.3 Å².